The number of nitrogens with one attached hydrogen (secondary N) is 1. The average Bonchev–Trinajstić information content (AvgIpc) is 3.35. The molecule has 1 aliphatic rings. The van der Waals surface area contributed by atoms with Crippen LogP contribution in [0.5, 0.6) is 0 Å². The summed E-state index contributed by atoms with van der Waals surface area (Å²) in [5.74, 6) is -0.0498. The second-order valence-electron chi connectivity index (χ2n) is 8.16. The van der Waals surface area contributed by atoms with E-state index >= 15 is 0 Å². The Balaban J connectivity index is 1.35. The number of benzene rings is 2. The summed E-state index contributed by atoms with van der Waals surface area (Å²) < 4.78 is 1.99. The highest BCUT2D eigenvalue weighted by Gasteiger charge is 2.27. The Morgan fingerprint density at radius 1 is 1.10 bits per heavy atom. The van der Waals surface area contributed by atoms with Crippen LogP contribution in [0.3, 0.4) is 0 Å². The Hall–Kier alpha value is -2.92. The zero-order chi connectivity index (χ0) is 20.9. The van der Waals surface area contributed by atoms with E-state index in [0.717, 1.165) is 50.0 Å². The van der Waals surface area contributed by atoms with Gasteiger partial charge in [-0.1, -0.05) is 48.5 Å². The highest BCUT2D eigenvalue weighted by Crippen LogP contribution is 2.28. The van der Waals surface area contributed by atoms with E-state index in [1.807, 2.05) is 22.9 Å². The highest BCUT2D eigenvalue weighted by molar-refractivity contribution is 5.94. The van der Waals surface area contributed by atoms with Crippen LogP contribution >= 0.6 is 0 Å². The van der Waals surface area contributed by atoms with Crippen molar-refractivity contribution in [3.05, 3.63) is 82.7 Å². The van der Waals surface area contributed by atoms with Crippen LogP contribution in [-0.4, -0.2) is 40.7 Å². The van der Waals surface area contributed by atoms with Gasteiger partial charge in [-0.15, -0.1) is 0 Å². The number of carbonyl (C=O) groups is 1. The Bertz CT molecular complexity index is 1010. The molecule has 5 heteroatoms. The summed E-state index contributed by atoms with van der Waals surface area (Å²) in [5.41, 5.74) is 6.46. The van der Waals surface area contributed by atoms with Crippen molar-refractivity contribution in [1.82, 2.24) is 20.0 Å². The summed E-state index contributed by atoms with van der Waals surface area (Å²) in [6.45, 7) is 4.60. The molecule has 0 atom stereocenters. The molecule has 1 N–H and O–H groups in total. The Morgan fingerprint density at radius 2 is 1.87 bits per heavy atom. The van der Waals surface area contributed by atoms with Crippen LogP contribution in [-0.2, 0) is 19.4 Å². The molecule has 0 bridgehead atoms. The first kappa shape index (κ1) is 20.4. The third-order valence-corrected chi connectivity index (χ3v) is 5.79. The summed E-state index contributed by atoms with van der Waals surface area (Å²) in [7, 11) is 2.12. The van der Waals surface area contributed by atoms with Gasteiger partial charge >= 0.3 is 0 Å². The molecule has 2 aromatic carbocycles. The fourth-order valence-electron chi connectivity index (χ4n) is 4.23. The van der Waals surface area contributed by atoms with Gasteiger partial charge in [0.1, 0.15) is 0 Å². The molecule has 1 heterocycles. The van der Waals surface area contributed by atoms with Gasteiger partial charge in [0, 0.05) is 24.3 Å². The molecule has 0 fully saturated rings. The van der Waals surface area contributed by atoms with Crippen molar-refractivity contribution < 1.29 is 4.79 Å². The summed E-state index contributed by atoms with van der Waals surface area (Å²) in [6, 6.07) is 18.7. The molecule has 3 aromatic rings. The van der Waals surface area contributed by atoms with Crippen LogP contribution in [0.4, 0.5) is 0 Å². The van der Waals surface area contributed by atoms with E-state index in [1.165, 1.54) is 16.8 Å². The number of aryl methyl sites for hydroxylation is 1. The lowest BCUT2D eigenvalue weighted by Gasteiger charge is -2.16. The van der Waals surface area contributed by atoms with Crippen molar-refractivity contribution in [2.45, 2.75) is 39.2 Å². The molecule has 1 aliphatic carbocycles. The first-order chi connectivity index (χ1) is 14.6. The van der Waals surface area contributed by atoms with Gasteiger partial charge in [0.15, 0.2) is 5.69 Å². The van der Waals surface area contributed by atoms with Crippen molar-refractivity contribution in [2.24, 2.45) is 0 Å². The fraction of sp³-hybridized carbons (Fsp3) is 0.360. The third-order valence-electron chi connectivity index (χ3n) is 5.79. The number of fused-ring (bicyclic) bond motifs is 1. The van der Waals surface area contributed by atoms with Crippen molar-refractivity contribution in [3.63, 3.8) is 0 Å². The van der Waals surface area contributed by atoms with E-state index in [4.69, 9.17) is 5.10 Å². The van der Waals surface area contributed by atoms with Gasteiger partial charge in [0.2, 0.25) is 0 Å². The second kappa shape index (κ2) is 9.26. The minimum atomic E-state index is -0.0498. The molecule has 1 aromatic heterocycles. The molecular weight excluding hydrogens is 372 g/mol. The standard InChI is InChI=1S/C25H30N4O/c1-19-10-6-7-14-22(19)29-23-15-8-13-21(23)24(27-29)25(30)26-16-9-17-28(2)18-20-11-4-3-5-12-20/h3-7,10-12,14H,8-9,13,15-18H2,1-2H3,(H,26,30). The van der Waals surface area contributed by atoms with Crippen LogP contribution in [0.2, 0.25) is 0 Å². The number of carbonyl (C=O) groups excluding carboxylic acids is 1. The van der Waals surface area contributed by atoms with Gasteiger partial charge in [-0.05, 0) is 63.4 Å². The number of hydrogen-bond acceptors (Lipinski definition) is 3. The molecule has 30 heavy (non-hydrogen) atoms. The third kappa shape index (κ3) is 4.46. The second-order valence-corrected chi connectivity index (χ2v) is 8.16. The summed E-state index contributed by atoms with van der Waals surface area (Å²) >= 11 is 0. The molecule has 0 saturated heterocycles. The lowest BCUT2D eigenvalue weighted by atomic mass is 10.1. The van der Waals surface area contributed by atoms with Crippen LogP contribution in [0.1, 0.15) is 45.7 Å². The van der Waals surface area contributed by atoms with Crippen LogP contribution in [0, 0.1) is 6.92 Å². The average molecular weight is 403 g/mol. The summed E-state index contributed by atoms with van der Waals surface area (Å²) in [5, 5.41) is 7.81. The zero-order valence-electron chi connectivity index (χ0n) is 17.9. The van der Waals surface area contributed by atoms with E-state index in [-0.39, 0.29) is 5.91 Å². The lowest BCUT2D eigenvalue weighted by Crippen LogP contribution is -2.29. The van der Waals surface area contributed by atoms with E-state index < -0.39 is 0 Å². The van der Waals surface area contributed by atoms with Crippen molar-refractivity contribution >= 4 is 5.91 Å². The number of para-hydroxylation sites is 1. The minimum absolute atomic E-state index is 0.0498. The number of amides is 1. The van der Waals surface area contributed by atoms with Crippen molar-refractivity contribution in [1.29, 1.82) is 0 Å². The van der Waals surface area contributed by atoms with Gasteiger partial charge in [0.25, 0.3) is 5.91 Å². The van der Waals surface area contributed by atoms with E-state index in [2.05, 4.69) is 60.6 Å². The maximum atomic E-state index is 12.9. The van der Waals surface area contributed by atoms with Gasteiger partial charge in [0.05, 0.1) is 5.69 Å². The van der Waals surface area contributed by atoms with Crippen molar-refractivity contribution in [2.75, 3.05) is 20.1 Å². The monoisotopic (exact) mass is 402 g/mol. The lowest BCUT2D eigenvalue weighted by molar-refractivity contribution is 0.0945. The Morgan fingerprint density at radius 3 is 2.67 bits per heavy atom. The molecule has 4 rings (SSSR count). The summed E-state index contributed by atoms with van der Waals surface area (Å²) in [6.07, 6.45) is 3.91. The van der Waals surface area contributed by atoms with Crippen LogP contribution < -0.4 is 5.32 Å². The Kier molecular flexibility index (Phi) is 6.29. The quantitative estimate of drug-likeness (QED) is 0.581. The molecule has 0 unspecified atom stereocenters. The van der Waals surface area contributed by atoms with Gasteiger partial charge in [-0.25, -0.2) is 4.68 Å². The van der Waals surface area contributed by atoms with Crippen LogP contribution in [0.15, 0.2) is 54.6 Å². The smallest absolute Gasteiger partial charge is 0.272 e. The molecule has 156 valence electrons. The summed E-state index contributed by atoms with van der Waals surface area (Å²) in [4.78, 5) is 15.2. The Labute approximate surface area is 178 Å². The molecule has 0 aliphatic heterocycles. The van der Waals surface area contributed by atoms with Gasteiger partial charge in [-0.2, -0.15) is 5.10 Å². The zero-order valence-corrected chi connectivity index (χ0v) is 17.9. The molecular formula is C25H30N4O. The number of aromatic nitrogens is 2. The first-order valence-corrected chi connectivity index (χ1v) is 10.8. The topological polar surface area (TPSA) is 50.2 Å². The predicted molar refractivity (Wildman–Crippen MR) is 120 cm³/mol. The molecule has 0 radical (unpaired) electrons. The molecule has 0 saturated carbocycles. The maximum Gasteiger partial charge on any atom is 0.272 e. The minimum Gasteiger partial charge on any atom is -0.351 e. The highest BCUT2D eigenvalue weighted by atomic mass is 16.1. The van der Waals surface area contributed by atoms with E-state index in [1.54, 1.807) is 0 Å². The first-order valence-electron chi connectivity index (χ1n) is 10.8. The molecule has 0 spiro atoms. The van der Waals surface area contributed by atoms with Crippen molar-refractivity contribution in [3.8, 4) is 5.69 Å². The maximum absolute atomic E-state index is 12.9. The van der Waals surface area contributed by atoms with Gasteiger partial charge in [-0.3, -0.25) is 4.79 Å². The number of rotatable bonds is 8. The van der Waals surface area contributed by atoms with E-state index in [9.17, 15) is 4.79 Å². The fourth-order valence-corrected chi connectivity index (χ4v) is 4.23. The van der Waals surface area contributed by atoms with Crippen LogP contribution in [0.25, 0.3) is 5.69 Å². The number of nitrogens with zero attached hydrogens (tertiary/aromatic N) is 3. The number of hydrogen-bond donors (Lipinski definition) is 1. The largest absolute Gasteiger partial charge is 0.351 e. The predicted octanol–water partition coefficient (Wildman–Crippen LogP) is 3.92. The molecule has 1 amide bonds. The van der Waals surface area contributed by atoms with E-state index in [0.29, 0.717) is 12.2 Å². The SMILES string of the molecule is Cc1ccccc1-n1nc(C(=O)NCCCN(C)Cc2ccccc2)c2c1CCC2. The molecule has 5 nitrogen and oxygen atoms in total. The van der Waals surface area contributed by atoms with Gasteiger partial charge < -0.3 is 10.2 Å². The normalized spacial score (nSPS) is 12.9.